The van der Waals surface area contributed by atoms with Crippen molar-refractivity contribution in [1.82, 2.24) is 5.32 Å². The molecular formula is C14H23N3O. The standard InChI is InChI=1S/C14H23N3O/c1-3-4-9-17(11-14(15)18)13-8-6-5-7-12(13)10-16-2/h5-8,16H,3-4,9-11H2,1-2H3,(H2,15,18). The zero-order chi connectivity index (χ0) is 13.4. The molecule has 100 valence electrons. The molecular weight excluding hydrogens is 226 g/mol. The number of rotatable bonds is 8. The Hall–Kier alpha value is -1.55. The first kappa shape index (κ1) is 14.5. The third-order valence-electron chi connectivity index (χ3n) is 2.83. The van der Waals surface area contributed by atoms with Crippen LogP contribution < -0.4 is 16.0 Å². The number of carbonyl (C=O) groups is 1. The molecule has 4 heteroatoms. The molecule has 0 bridgehead atoms. The van der Waals surface area contributed by atoms with Gasteiger partial charge in [0, 0.05) is 18.8 Å². The lowest BCUT2D eigenvalue weighted by atomic mass is 10.1. The summed E-state index contributed by atoms with van der Waals surface area (Å²) in [6.45, 7) is 4.07. The average Bonchev–Trinajstić information content (AvgIpc) is 2.35. The van der Waals surface area contributed by atoms with E-state index in [4.69, 9.17) is 5.73 Å². The number of para-hydroxylation sites is 1. The summed E-state index contributed by atoms with van der Waals surface area (Å²) in [7, 11) is 1.92. The van der Waals surface area contributed by atoms with Crippen LogP contribution in [0.5, 0.6) is 0 Å². The van der Waals surface area contributed by atoms with Crippen LogP contribution in [0, 0.1) is 0 Å². The number of nitrogens with one attached hydrogen (secondary N) is 1. The summed E-state index contributed by atoms with van der Waals surface area (Å²) in [5.41, 5.74) is 7.62. The number of carbonyl (C=O) groups excluding carboxylic acids is 1. The number of unbranched alkanes of at least 4 members (excludes halogenated alkanes) is 1. The molecule has 0 unspecified atom stereocenters. The number of hydrogen-bond acceptors (Lipinski definition) is 3. The van der Waals surface area contributed by atoms with Crippen molar-refractivity contribution >= 4 is 11.6 Å². The smallest absolute Gasteiger partial charge is 0.236 e. The average molecular weight is 249 g/mol. The van der Waals surface area contributed by atoms with Crippen LogP contribution in [0.2, 0.25) is 0 Å². The number of amides is 1. The minimum Gasteiger partial charge on any atom is -0.368 e. The van der Waals surface area contributed by atoms with Gasteiger partial charge in [-0.05, 0) is 25.1 Å². The summed E-state index contributed by atoms with van der Waals surface area (Å²) in [5, 5.41) is 3.15. The van der Waals surface area contributed by atoms with E-state index in [-0.39, 0.29) is 12.5 Å². The predicted molar refractivity (Wildman–Crippen MR) is 75.5 cm³/mol. The molecule has 1 amide bonds. The molecule has 0 fully saturated rings. The summed E-state index contributed by atoms with van der Waals surface area (Å²) in [6.07, 6.45) is 2.16. The molecule has 3 N–H and O–H groups in total. The number of nitrogens with two attached hydrogens (primary N) is 1. The molecule has 4 nitrogen and oxygen atoms in total. The Bertz CT molecular complexity index is 379. The fourth-order valence-electron chi connectivity index (χ4n) is 1.98. The van der Waals surface area contributed by atoms with Gasteiger partial charge in [0.15, 0.2) is 0 Å². The number of hydrogen-bond donors (Lipinski definition) is 2. The van der Waals surface area contributed by atoms with Crippen LogP contribution in [0.1, 0.15) is 25.3 Å². The second-order valence-corrected chi connectivity index (χ2v) is 4.40. The highest BCUT2D eigenvalue weighted by Crippen LogP contribution is 2.20. The molecule has 0 spiro atoms. The number of primary amides is 1. The van der Waals surface area contributed by atoms with E-state index in [1.807, 2.05) is 25.2 Å². The van der Waals surface area contributed by atoms with Crippen LogP contribution in [-0.4, -0.2) is 26.0 Å². The van der Waals surface area contributed by atoms with Crippen molar-refractivity contribution in [2.75, 3.05) is 25.0 Å². The SMILES string of the molecule is CCCCN(CC(N)=O)c1ccccc1CNC. The minimum absolute atomic E-state index is 0.278. The largest absolute Gasteiger partial charge is 0.368 e. The van der Waals surface area contributed by atoms with Crippen molar-refractivity contribution in [3.8, 4) is 0 Å². The van der Waals surface area contributed by atoms with Crippen LogP contribution >= 0.6 is 0 Å². The van der Waals surface area contributed by atoms with E-state index >= 15 is 0 Å². The summed E-state index contributed by atoms with van der Waals surface area (Å²) in [6, 6.07) is 8.13. The molecule has 18 heavy (non-hydrogen) atoms. The molecule has 1 rings (SSSR count). The first-order valence-corrected chi connectivity index (χ1v) is 6.44. The molecule has 0 aliphatic rings. The molecule has 0 heterocycles. The second-order valence-electron chi connectivity index (χ2n) is 4.40. The molecule has 1 aromatic rings. The van der Waals surface area contributed by atoms with E-state index in [9.17, 15) is 4.79 Å². The van der Waals surface area contributed by atoms with Gasteiger partial charge in [-0.2, -0.15) is 0 Å². The van der Waals surface area contributed by atoms with Gasteiger partial charge >= 0.3 is 0 Å². The van der Waals surface area contributed by atoms with Gasteiger partial charge in [0.05, 0.1) is 6.54 Å². The molecule has 0 saturated heterocycles. The van der Waals surface area contributed by atoms with Crippen LogP contribution in [0.15, 0.2) is 24.3 Å². The van der Waals surface area contributed by atoms with E-state index < -0.39 is 0 Å². The molecule has 0 radical (unpaired) electrons. The van der Waals surface area contributed by atoms with Crippen molar-refractivity contribution in [2.45, 2.75) is 26.3 Å². The van der Waals surface area contributed by atoms with Gasteiger partial charge in [0.1, 0.15) is 0 Å². The number of nitrogens with zero attached hydrogens (tertiary/aromatic N) is 1. The van der Waals surface area contributed by atoms with Crippen molar-refractivity contribution < 1.29 is 4.79 Å². The highest BCUT2D eigenvalue weighted by Gasteiger charge is 2.12. The van der Waals surface area contributed by atoms with E-state index in [0.717, 1.165) is 31.6 Å². The topological polar surface area (TPSA) is 58.4 Å². The van der Waals surface area contributed by atoms with Crippen LogP contribution in [0.25, 0.3) is 0 Å². The fraction of sp³-hybridized carbons (Fsp3) is 0.500. The Morgan fingerprint density at radius 3 is 2.72 bits per heavy atom. The minimum atomic E-state index is -0.287. The van der Waals surface area contributed by atoms with Gasteiger partial charge in [-0.25, -0.2) is 0 Å². The van der Waals surface area contributed by atoms with E-state index in [2.05, 4.69) is 23.2 Å². The fourth-order valence-corrected chi connectivity index (χ4v) is 1.98. The summed E-state index contributed by atoms with van der Waals surface area (Å²) in [5.74, 6) is -0.287. The third-order valence-corrected chi connectivity index (χ3v) is 2.83. The molecule has 0 aromatic heterocycles. The van der Waals surface area contributed by atoms with E-state index in [1.54, 1.807) is 0 Å². The van der Waals surface area contributed by atoms with Crippen molar-refractivity contribution in [3.05, 3.63) is 29.8 Å². The zero-order valence-corrected chi connectivity index (χ0v) is 11.3. The maximum absolute atomic E-state index is 11.2. The normalized spacial score (nSPS) is 10.3. The Kier molecular flexibility index (Phi) is 6.22. The summed E-state index contributed by atoms with van der Waals surface area (Å²) in [4.78, 5) is 13.2. The number of anilines is 1. The summed E-state index contributed by atoms with van der Waals surface area (Å²) < 4.78 is 0. The highest BCUT2D eigenvalue weighted by atomic mass is 16.1. The Morgan fingerprint density at radius 2 is 2.11 bits per heavy atom. The van der Waals surface area contributed by atoms with Crippen LogP contribution in [0.4, 0.5) is 5.69 Å². The highest BCUT2D eigenvalue weighted by molar-refractivity contribution is 5.80. The first-order chi connectivity index (χ1) is 8.69. The Morgan fingerprint density at radius 1 is 1.39 bits per heavy atom. The molecule has 0 aliphatic carbocycles. The Balaban J connectivity index is 2.91. The quantitative estimate of drug-likeness (QED) is 0.734. The lowest BCUT2D eigenvalue weighted by Crippen LogP contribution is -2.35. The first-order valence-electron chi connectivity index (χ1n) is 6.44. The van der Waals surface area contributed by atoms with Gasteiger partial charge in [0.2, 0.25) is 5.91 Å². The van der Waals surface area contributed by atoms with Gasteiger partial charge in [-0.15, -0.1) is 0 Å². The molecule has 0 saturated carbocycles. The third kappa shape index (κ3) is 4.37. The van der Waals surface area contributed by atoms with Gasteiger partial charge in [0.25, 0.3) is 0 Å². The molecule has 1 aromatic carbocycles. The van der Waals surface area contributed by atoms with E-state index in [1.165, 1.54) is 5.56 Å². The second kappa shape index (κ2) is 7.71. The van der Waals surface area contributed by atoms with Crippen molar-refractivity contribution in [1.29, 1.82) is 0 Å². The lowest BCUT2D eigenvalue weighted by Gasteiger charge is -2.25. The maximum atomic E-state index is 11.2. The number of benzene rings is 1. The van der Waals surface area contributed by atoms with Crippen LogP contribution in [-0.2, 0) is 11.3 Å². The van der Waals surface area contributed by atoms with Crippen LogP contribution in [0.3, 0.4) is 0 Å². The van der Waals surface area contributed by atoms with Gasteiger partial charge in [-0.1, -0.05) is 31.5 Å². The monoisotopic (exact) mass is 249 g/mol. The predicted octanol–water partition coefficient (Wildman–Crippen LogP) is 1.50. The van der Waals surface area contributed by atoms with Crippen molar-refractivity contribution in [2.24, 2.45) is 5.73 Å². The van der Waals surface area contributed by atoms with E-state index in [0.29, 0.717) is 0 Å². The molecule has 0 aliphatic heterocycles. The summed E-state index contributed by atoms with van der Waals surface area (Å²) >= 11 is 0. The lowest BCUT2D eigenvalue weighted by molar-refractivity contribution is -0.116. The van der Waals surface area contributed by atoms with Gasteiger partial charge < -0.3 is 16.0 Å². The maximum Gasteiger partial charge on any atom is 0.236 e. The van der Waals surface area contributed by atoms with Gasteiger partial charge in [-0.3, -0.25) is 4.79 Å². The Labute approximate surface area is 109 Å². The zero-order valence-electron chi connectivity index (χ0n) is 11.3. The molecule has 0 atom stereocenters. The van der Waals surface area contributed by atoms with Crippen molar-refractivity contribution in [3.63, 3.8) is 0 Å².